The van der Waals surface area contributed by atoms with Crippen LogP contribution in [0.3, 0.4) is 0 Å². The first-order valence-electron chi connectivity index (χ1n) is 9.40. The Morgan fingerprint density at radius 3 is 2.64 bits per heavy atom. The Labute approximate surface area is 164 Å². The van der Waals surface area contributed by atoms with Crippen molar-refractivity contribution in [1.82, 2.24) is 10.2 Å². The van der Waals surface area contributed by atoms with Crippen molar-refractivity contribution in [3.8, 4) is 0 Å². The predicted molar refractivity (Wildman–Crippen MR) is 104 cm³/mol. The molecule has 0 spiro atoms. The molecule has 0 aromatic heterocycles. The summed E-state index contributed by atoms with van der Waals surface area (Å²) in [6, 6.07) is 3.99. The maximum atomic E-state index is 14.3. The van der Waals surface area contributed by atoms with Gasteiger partial charge in [-0.25, -0.2) is 4.39 Å². The number of halogens is 1. The van der Waals surface area contributed by atoms with Crippen molar-refractivity contribution in [2.45, 2.75) is 33.6 Å². The third kappa shape index (κ3) is 6.02. The summed E-state index contributed by atoms with van der Waals surface area (Å²) in [6.45, 7) is 6.61. The van der Waals surface area contributed by atoms with E-state index in [-0.39, 0.29) is 23.9 Å². The van der Waals surface area contributed by atoms with E-state index in [9.17, 15) is 18.8 Å². The monoisotopic (exact) mass is 393 g/mol. The van der Waals surface area contributed by atoms with Gasteiger partial charge < -0.3 is 20.6 Å². The van der Waals surface area contributed by atoms with Gasteiger partial charge in [-0.15, -0.1) is 0 Å². The normalized spacial score (nSPS) is 17.3. The topological polar surface area (TPSA) is 98.7 Å². The van der Waals surface area contributed by atoms with Crippen LogP contribution in [-0.4, -0.2) is 54.0 Å². The molecule has 1 saturated heterocycles. The fourth-order valence-electron chi connectivity index (χ4n) is 3.06. The molecule has 1 aliphatic rings. The van der Waals surface area contributed by atoms with Crippen LogP contribution < -0.4 is 10.6 Å². The molecule has 0 radical (unpaired) electrons. The summed E-state index contributed by atoms with van der Waals surface area (Å²) in [4.78, 5) is 37.2. The first kappa shape index (κ1) is 21.8. The van der Waals surface area contributed by atoms with Crippen molar-refractivity contribution in [3.63, 3.8) is 0 Å². The summed E-state index contributed by atoms with van der Waals surface area (Å²) in [5.74, 6) is -2.10. The van der Waals surface area contributed by atoms with Crippen LogP contribution in [0.1, 0.15) is 44.0 Å². The lowest BCUT2D eigenvalue weighted by Gasteiger charge is -2.33. The van der Waals surface area contributed by atoms with Gasteiger partial charge in [-0.1, -0.05) is 20.8 Å². The zero-order valence-corrected chi connectivity index (χ0v) is 16.5. The van der Waals surface area contributed by atoms with Gasteiger partial charge in [-0.05, 0) is 37.0 Å². The Morgan fingerprint density at radius 2 is 2.00 bits per heavy atom. The minimum atomic E-state index is -0.931. The third-order valence-electron chi connectivity index (χ3n) is 4.65. The largest absolute Gasteiger partial charge is 0.480 e. The molecular weight excluding hydrogens is 365 g/mol. The highest BCUT2D eigenvalue weighted by Gasteiger charge is 2.27. The van der Waals surface area contributed by atoms with Crippen molar-refractivity contribution in [2.24, 2.45) is 11.3 Å². The van der Waals surface area contributed by atoms with Gasteiger partial charge in [0.25, 0.3) is 5.91 Å². The van der Waals surface area contributed by atoms with Gasteiger partial charge in [-0.2, -0.15) is 0 Å². The van der Waals surface area contributed by atoms with Gasteiger partial charge in [0.2, 0.25) is 5.91 Å². The average Bonchev–Trinajstić information content (AvgIpc) is 2.62. The molecule has 1 fully saturated rings. The van der Waals surface area contributed by atoms with E-state index in [1.807, 2.05) is 0 Å². The molecule has 0 saturated carbocycles. The Hall–Kier alpha value is -2.48. The van der Waals surface area contributed by atoms with Gasteiger partial charge >= 0.3 is 5.97 Å². The third-order valence-corrected chi connectivity index (χ3v) is 4.65. The molecule has 1 aliphatic heterocycles. The maximum Gasteiger partial charge on any atom is 0.317 e. The van der Waals surface area contributed by atoms with Crippen molar-refractivity contribution in [2.75, 3.05) is 31.5 Å². The Kier molecular flexibility index (Phi) is 7.12. The van der Waals surface area contributed by atoms with Gasteiger partial charge in [0, 0.05) is 30.7 Å². The number of benzene rings is 1. The quantitative estimate of drug-likeness (QED) is 0.689. The minimum absolute atomic E-state index is 0.0779. The SMILES string of the molecule is CC(C)(C)C(=O)Nc1ccc(F)c(C(=O)N2CCCC(CNCC(=O)O)C2)c1. The van der Waals surface area contributed by atoms with E-state index in [0.717, 1.165) is 12.8 Å². The number of likely N-dealkylation sites (tertiary alicyclic amines) is 1. The van der Waals surface area contributed by atoms with Crippen LogP contribution in [-0.2, 0) is 9.59 Å². The maximum absolute atomic E-state index is 14.3. The van der Waals surface area contributed by atoms with Gasteiger partial charge in [-0.3, -0.25) is 14.4 Å². The number of amides is 2. The zero-order valence-electron chi connectivity index (χ0n) is 16.5. The van der Waals surface area contributed by atoms with Crippen LogP contribution in [0.25, 0.3) is 0 Å². The highest BCUT2D eigenvalue weighted by atomic mass is 19.1. The van der Waals surface area contributed by atoms with E-state index in [0.29, 0.717) is 25.3 Å². The summed E-state index contributed by atoms with van der Waals surface area (Å²) in [6.07, 6.45) is 1.65. The van der Waals surface area contributed by atoms with Crippen LogP contribution in [0, 0.1) is 17.2 Å². The molecule has 28 heavy (non-hydrogen) atoms. The molecule has 7 nitrogen and oxygen atoms in total. The molecule has 1 aromatic rings. The van der Waals surface area contributed by atoms with Crippen LogP contribution in [0.15, 0.2) is 18.2 Å². The molecule has 1 heterocycles. The van der Waals surface area contributed by atoms with Crippen LogP contribution in [0.2, 0.25) is 0 Å². The summed E-state index contributed by atoms with van der Waals surface area (Å²) < 4.78 is 14.3. The molecular formula is C20H28FN3O4. The number of carbonyl (C=O) groups excluding carboxylic acids is 2. The van der Waals surface area contributed by atoms with E-state index in [4.69, 9.17) is 5.11 Å². The molecule has 1 atom stereocenters. The number of aliphatic carboxylic acids is 1. The van der Waals surface area contributed by atoms with Gasteiger partial charge in [0.1, 0.15) is 5.82 Å². The highest BCUT2D eigenvalue weighted by Crippen LogP contribution is 2.23. The van der Waals surface area contributed by atoms with Crippen LogP contribution >= 0.6 is 0 Å². The molecule has 0 aliphatic carbocycles. The van der Waals surface area contributed by atoms with Crippen LogP contribution in [0.5, 0.6) is 0 Å². The molecule has 0 bridgehead atoms. The number of carbonyl (C=O) groups is 3. The van der Waals surface area contributed by atoms with E-state index in [2.05, 4.69) is 10.6 Å². The lowest BCUT2D eigenvalue weighted by molar-refractivity contribution is -0.136. The molecule has 154 valence electrons. The average molecular weight is 393 g/mol. The number of nitrogens with zero attached hydrogens (tertiary/aromatic N) is 1. The van der Waals surface area contributed by atoms with E-state index in [1.54, 1.807) is 25.7 Å². The number of piperidine rings is 1. The summed E-state index contributed by atoms with van der Waals surface area (Å²) >= 11 is 0. The summed E-state index contributed by atoms with van der Waals surface area (Å²) in [7, 11) is 0. The first-order chi connectivity index (χ1) is 13.1. The van der Waals surface area contributed by atoms with Crippen molar-refractivity contribution in [3.05, 3.63) is 29.6 Å². The second kappa shape index (κ2) is 9.14. The Bertz CT molecular complexity index is 745. The van der Waals surface area contributed by atoms with Crippen molar-refractivity contribution in [1.29, 1.82) is 0 Å². The summed E-state index contributed by atoms with van der Waals surface area (Å²) in [5, 5.41) is 14.3. The number of hydrogen-bond donors (Lipinski definition) is 3. The van der Waals surface area contributed by atoms with Crippen molar-refractivity contribution >= 4 is 23.5 Å². The molecule has 1 aromatic carbocycles. The molecule has 8 heteroatoms. The van der Waals surface area contributed by atoms with Gasteiger partial charge in [0.05, 0.1) is 12.1 Å². The second-order valence-corrected chi connectivity index (χ2v) is 8.18. The predicted octanol–water partition coefficient (Wildman–Crippen LogP) is 2.34. The molecule has 2 amide bonds. The van der Waals surface area contributed by atoms with Crippen molar-refractivity contribution < 1.29 is 23.9 Å². The zero-order chi connectivity index (χ0) is 20.9. The minimum Gasteiger partial charge on any atom is -0.480 e. The number of nitrogens with one attached hydrogen (secondary N) is 2. The number of carboxylic acids is 1. The van der Waals surface area contributed by atoms with E-state index in [1.165, 1.54) is 18.2 Å². The number of anilines is 1. The van der Waals surface area contributed by atoms with E-state index < -0.39 is 23.1 Å². The highest BCUT2D eigenvalue weighted by molar-refractivity contribution is 5.98. The standard InChI is InChI=1S/C20H28FN3O4/c1-20(2,3)19(28)23-14-6-7-16(21)15(9-14)18(27)24-8-4-5-13(12-24)10-22-11-17(25)26/h6-7,9,13,22H,4-5,8,10-12H2,1-3H3,(H,23,28)(H,25,26). The Balaban J connectivity index is 2.07. The second-order valence-electron chi connectivity index (χ2n) is 8.18. The number of carboxylic acid groups (broad SMARTS) is 1. The fraction of sp³-hybridized carbons (Fsp3) is 0.550. The Morgan fingerprint density at radius 1 is 1.29 bits per heavy atom. The number of hydrogen-bond acceptors (Lipinski definition) is 4. The smallest absolute Gasteiger partial charge is 0.317 e. The molecule has 1 unspecified atom stereocenters. The lowest BCUT2D eigenvalue weighted by atomic mass is 9.95. The van der Waals surface area contributed by atoms with Gasteiger partial charge in [0.15, 0.2) is 0 Å². The summed E-state index contributed by atoms with van der Waals surface area (Å²) in [5.41, 5.74) is -0.311. The van der Waals surface area contributed by atoms with E-state index >= 15 is 0 Å². The fourth-order valence-corrected chi connectivity index (χ4v) is 3.06. The number of rotatable bonds is 6. The van der Waals surface area contributed by atoms with Crippen LogP contribution in [0.4, 0.5) is 10.1 Å². The molecule has 3 N–H and O–H groups in total. The lowest BCUT2D eigenvalue weighted by Crippen LogP contribution is -2.43. The first-order valence-corrected chi connectivity index (χ1v) is 9.40. The molecule has 2 rings (SSSR count).